The summed E-state index contributed by atoms with van der Waals surface area (Å²) in [7, 11) is 1.75. The molecule has 0 spiro atoms. The quantitative estimate of drug-likeness (QED) is 0.782. The van der Waals surface area contributed by atoms with Gasteiger partial charge in [0.1, 0.15) is 5.75 Å². The smallest absolute Gasteiger partial charge is 0.122 e. The topological polar surface area (TPSA) is 30.5 Å². The summed E-state index contributed by atoms with van der Waals surface area (Å²) >= 11 is 0. The van der Waals surface area contributed by atoms with Crippen LogP contribution in [0.25, 0.3) is 0 Å². The van der Waals surface area contributed by atoms with Crippen LogP contribution >= 0.6 is 0 Å². The highest BCUT2D eigenvalue weighted by molar-refractivity contribution is 5.38. The second-order valence-electron chi connectivity index (χ2n) is 6.29. The van der Waals surface area contributed by atoms with Crippen LogP contribution in [0.15, 0.2) is 18.2 Å². The van der Waals surface area contributed by atoms with Gasteiger partial charge in [-0.1, -0.05) is 24.6 Å². The Morgan fingerprint density at radius 2 is 2.24 bits per heavy atom. The summed E-state index contributed by atoms with van der Waals surface area (Å²) in [4.78, 5) is 0. The van der Waals surface area contributed by atoms with Crippen molar-refractivity contribution in [2.75, 3.05) is 26.8 Å². The molecule has 0 radical (unpaired) electrons. The van der Waals surface area contributed by atoms with Crippen LogP contribution in [0.4, 0.5) is 0 Å². The number of hydrogen-bond acceptors (Lipinski definition) is 3. The molecule has 1 aromatic rings. The molecule has 0 saturated carbocycles. The van der Waals surface area contributed by atoms with Gasteiger partial charge in [0.2, 0.25) is 0 Å². The van der Waals surface area contributed by atoms with Crippen molar-refractivity contribution in [3.8, 4) is 5.75 Å². The van der Waals surface area contributed by atoms with Crippen molar-refractivity contribution >= 4 is 0 Å². The summed E-state index contributed by atoms with van der Waals surface area (Å²) in [5.41, 5.74) is 2.76. The average Bonchev–Trinajstić information content (AvgIpc) is 2.81. The third-order valence-corrected chi connectivity index (χ3v) is 4.71. The van der Waals surface area contributed by atoms with Gasteiger partial charge in [0.15, 0.2) is 0 Å². The number of rotatable bonds is 7. The van der Waals surface area contributed by atoms with Crippen LogP contribution in [0.3, 0.4) is 0 Å². The van der Waals surface area contributed by atoms with Gasteiger partial charge in [-0.3, -0.25) is 0 Å². The lowest BCUT2D eigenvalue weighted by Crippen LogP contribution is -2.41. The molecule has 2 atom stereocenters. The summed E-state index contributed by atoms with van der Waals surface area (Å²) in [6, 6.07) is 6.45. The van der Waals surface area contributed by atoms with Gasteiger partial charge < -0.3 is 14.8 Å². The van der Waals surface area contributed by atoms with E-state index < -0.39 is 0 Å². The monoisotopic (exact) mass is 291 g/mol. The molecule has 2 unspecified atom stereocenters. The molecular weight excluding hydrogens is 262 g/mol. The Morgan fingerprint density at radius 3 is 2.86 bits per heavy atom. The van der Waals surface area contributed by atoms with Gasteiger partial charge >= 0.3 is 0 Å². The zero-order chi connectivity index (χ0) is 15.3. The van der Waals surface area contributed by atoms with E-state index in [9.17, 15) is 0 Å². The van der Waals surface area contributed by atoms with Gasteiger partial charge in [0, 0.05) is 18.6 Å². The van der Waals surface area contributed by atoms with Gasteiger partial charge in [-0.05, 0) is 51.3 Å². The van der Waals surface area contributed by atoms with Crippen LogP contribution in [0.2, 0.25) is 0 Å². The second-order valence-corrected chi connectivity index (χ2v) is 6.29. The Hall–Kier alpha value is -1.06. The van der Waals surface area contributed by atoms with Crippen molar-refractivity contribution in [3.63, 3.8) is 0 Å². The zero-order valence-electron chi connectivity index (χ0n) is 13.9. The molecule has 0 aromatic heterocycles. The highest BCUT2D eigenvalue weighted by Crippen LogP contribution is 2.39. The summed E-state index contributed by atoms with van der Waals surface area (Å²) in [6.45, 7) is 9.50. The zero-order valence-corrected chi connectivity index (χ0v) is 13.9. The number of ether oxygens (including phenoxy) is 2. The van der Waals surface area contributed by atoms with E-state index in [1.54, 1.807) is 7.11 Å². The van der Waals surface area contributed by atoms with Crippen LogP contribution in [-0.4, -0.2) is 32.9 Å². The molecule has 1 saturated heterocycles. The van der Waals surface area contributed by atoms with Crippen molar-refractivity contribution in [1.29, 1.82) is 0 Å². The maximum absolute atomic E-state index is 5.89. The highest BCUT2D eigenvalue weighted by atomic mass is 16.5. The van der Waals surface area contributed by atoms with Crippen LogP contribution in [-0.2, 0) is 11.2 Å². The van der Waals surface area contributed by atoms with Crippen molar-refractivity contribution < 1.29 is 9.47 Å². The van der Waals surface area contributed by atoms with Gasteiger partial charge in [0.25, 0.3) is 0 Å². The fourth-order valence-corrected chi connectivity index (χ4v) is 3.28. The first kappa shape index (κ1) is 16.3. The van der Waals surface area contributed by atoms with E-state index in [0.717, 1.165) is 38.3 Å². The highest BCUT2D eigenvalue weighted by Gasteiger charge is 2.41. The van der Waals surface area contributed by atoms with Crippen molar-refractivity contribution in [1.82, 2.24) is 5.32 Å². The number of benzene rings is 1. The first-order chi connectivity index (χ1) is 10.1. The number of hydrogen-bond donors (Lipinski definition) is 1. The Morgan fingerprint density at radius 1 is 1.43 bits per heavy atom. The number of methoxy groups -OCH3 is 1. The summed E-state index contributed by atoms with van der Waals surface area (Å²) < 4.78 is 11.4. The SMILES string of the molecule is CCCNCC1(Cc2cc(C)ccc2OC)CCOC1C. The normalized spacial score (nSPS) is 25.2. The van der Waals surface area contributed by atoms with Crippen LogP contribution in [0.5, 0.6) is 5.75 Å². The predicted octanol–water partition coefficient (Wildman–Crippen LogP) is 3.34. The molecular formula is C18H29NO2. The Kier molecular flexibility index (Phi) is 5.65. The van der Waals surface area contributed by atoms with Crippen molar-refractivity contribution in [3.05, 3.63) is 29.3 Å². The first-order valence-electron chi connectivity index (χ1n) is 8.07. The van der Waals surface area contributed by atoms with Gasteiger partial charge in [-0.15, -0.1) is 0 Å². The fourth-order valence-electron chi connectivity index (χ4n) is 3.28. The third-order valence-electron chi connectivity index (χ3n) is 4.71. The largest absolute Gasteiger partial charge is 0.496 e. The fraction of sp³-hybridized carbons (Fsp3) is 0.667. The van der Waals surface area contributed by atoms with E-state index in [4.69, 9.17) is 9.47 Å². The molecule has 3 heteroatoms. The van der Waals surface area contributed by atoms with Gasteiger partial charge in [0.05, 0.1) is 13.2 Å². The van der Waals surface area contributed by atoms with E-state index in [0.29, 0.717) is 0 Å². The van der Waals surface area contributed by atoms with Crippen LogP contribution < -0.4 is 10.1 Å². The number of nitrogens with one attached hydrogen (secondary N) is 1. The summed E-state index contributed by atoms with van der Waals surface area (Å²) in [5, 5.41) is 3.60. The molecule has 21 heavy (non-hydrogen) atoms. The Labute approximate surface area is 129 Å². The van der Waals surface area contributed by atoms with Gasteiger partial charge in [-0.2, -0.15) is 0 Å². The van der Waals surface area contributed by atoms with E-state index in [1.165, 1.54) is 17.5 Å². The number of aryl methyl sites for hydroxylation is 1. The third kappa shape index (κ3) is 3.78. The van der Waals surface area contributed by atoms with E-state index >= 15 is 0 Å². The van der Waals surface area contributed by atoms with E-state index in [2.05, 4.69) is 44.3 Å². The molecule has 0 bridgehead atoms. The van der Waals surface area contributed by atoms with E-state index in [-0.39, 0.29) is 11.5 Å². The molecule has 0 amide bonds. The lowest BCUT2D eigenvalue weighted by Gasteiger charge is -2.33. The molecule has 2 rings (SSSR count). The summed E-state index contributed by atoms with van der Waals surface area (Å²) in [5.74, 6) is 0.995. The van der Waals surface area contributed by atoms with E-state index in [1.807, 2.05) is 0 Å². The maximum atomic E-state index is 5.89. The lowest BCUT2D eigenvalue weighted by molar-refractivity contribution is 0.0628. The van der Waals surface area contributed by atoms with Gasteiger partial charge in [-0.25, -0.2) is 0 Å². The maximum Gasteiger partial charge on any atom is 0.122 e. The molecule has 1 N–H and O–H groups in total. The predicted molar refractivity (Wildman–Crippen MR) is 87.1 cm³/mol. The molecule has 1 heterocycles. The van der Waals surface area contributed by atoms with Crippen molar-refractivity contribution in [2.45, 2.75) is 46.1 Å². The van der Waals surface area contributed by atoms with Crippen LogP contribution in [0.1, 0.15) is 37.8 Å². The van der Waals surface area contributed by atoms with Crippen molar-refractivity contribution in [2.24, 2.45) is 5.41 Å². The molecule has 1 aromatic carbocycles. The van der Waals surface area contributed by atoms with Crippen LogP contribution in [0, 0.1) is 12.3 Å². The average molecular weight is 291 g/mol. The lowest BCUT2D eigenvalue weighted by atomic mass is 9.75. The summed E-state index contributed by atoms with van der Waals surface area (Å²) in [6.07, 6.45) is 3.57. The Balaban J connectivity index is 2.20. The molecule has 1 aliphatic heterocycles. The standard InChI is InChI=1S/C18H29NO2/c1-5-9-19-13-18(8-10-21-15(18)3)12-16-11-14(2)6-7-17(16)20-4/h6-7,11,15,19H,5,8-10,12-13H2,1-4H3. The first-order valence-corrected chi connectivity index (χ1v) is 8.07. The molecule has 3 nitrogen and oxygen atoms in total. The Bertz CT molecular complexity index is 461. The minimum atomic E-state index is 0.177. The second kappa shape index (κ2) is 7.28. The minimum absolute atomic E-state index is 0.177. The molecule has 118 valence electrons. The molecule has 1 fully saturated rings. The minimum Gasteiger partial charge on any atom is -0.496 e. The molecule has 0 aliphatic carbocycles. The molecule has 1 aliphatic rings.